The fraction of sp³-hybridized carbons (Fsp3) is 0.217. The van der Waals surface area contributed by atoms with E-state index in [0.29, 0.717) is 48.2 Å². The number of thiophene rings is 1. The summed E-state index contributed by atoms with van der Waals surface area (Å²) < 4.78 is 5.11. The second-order valence-corrected chi connectivity index (χ2v) is 9.52. The molecule has 1 aromatic heterocycles. The average molecular weight is 525 g/mol. The number of hydrogen-bond acceptors (Lipinski definition) is 5. The number of rotatable bonds is 5. The summed E-state index contributed by atoms with van der Waals surface area (Å²) in [5, 5.41) is 5.72. The van der Waals surface area contributed by atoms with E-state index in [2.05, 4.69) is 10.2 Å². The third kappa shape index (κ3) is 5.22. The minimum absolute atomic E-state index is 0.0625. The van der Waals surface area contributed by atoms with Crippen molar-refractivity contribution in [1.29, 1.82) is 0 Å². The van der Waals surface area contributed by atoms with Crippen molar-refractivity contribution in [2.75, 3.05) is 43.5 Å². The Bertz CT molecular complexity index is 1160. The molecular formula is C23H20Cl3N3O3S. The lowest BCUT2D eigenvalue weighted by atomic mass is 10.2. The van der Waals surface area contributed by atoms with Crippen LogP contribution in [0.2, 0.25) is 15.1 Å². The number of anilines is 2. The van der Waals surface area contributed by atoms with Crippen molar-refractivity contribution < 1.29 is 14.3 Å². The smallest absolute Gasteiger partial charge is 0.264 e. The number of halogens is 3. The number of nitrogens with zero attached hydrogens (tertiary/aromatic N) is 2. The first-order chi connectivity index (χ1) is 15.9. The lowest BCUT2D eigenvalue weighted by molar-refractivity contribution is 0.0751. The maximum atomic E-state index is 12.7. The van der Waals surface area contributed by atoms with E-state index < -0.39 is 0 Å². The van der Waals surface area contributed by atoms with Gasteiger partial charge in [-0.05, 0) is 41.8 Å². The van der Waals surface area contributed by atoms with Crippen LogP contribution in [0.4, 0.5) is 11.4 Å². The highest BCUT2D eigenvalue weighted by Gasteiger charge is 2.24. The van der Waals surface area contributed by atoms with Crippen LogP contribution in [0.25, 0.3) is 0 Å². The number of carbonyl (C=O) groups excluding carboxylic acids is 2. The second-order valence-electron chi connectivity index (χ2n) is 7.35. The molecule has 1 saturated heterocycles. The Morgan fingerprint density at radius 3 is 2.24 bits per heavy atom. The molecule has 172 valence electrons. The quantitative estimate of drug-likeness (QED) is 0.449. The lowest BCUT2D eigenvalue weighted by Crippen LogP contribution is -2.48. The highest BCUT2D eigenvalue weighted by Crippen LogP contribution is 2.34. The van der Waals surface area contributed by atoms with Gasteiger partial charge in [0.15, 0.2) is 5.75 Å². The summed E-state index contributed by atoms with van der Waals surface area (Å²) in [6, 6.07) is 12.1. The number of amides is 2. The van der Waals surface area contributed by atoms with Crippen LogP contribution >= 0.6 is 46.1 Å². The standard InChI is InChI=1S/C23H20Cl3N3O3S/c1-32-21-17(25)11-14(12-18(21)26)22(30)27-15-4-5-19(16(24)13-15)28-6-8-29(9-7-28)23(31)20-3-2-10-33-20/h2-5,10-13H,6-9H2,1H3,(H,27,30). The van der Waals surface area contributed by atoms with Crippen LogP contribution in [0.1, 0.15) is 20.0 Å². The van der Waals surface area contributed by atoms with Crippen LogP contribution in [-0.4, -0.2) is 50.0 Å². The zero-order valence-electron chi connectivity index (χ0n) is 17.6. The van der Waals surface area contributed by atoms with E-state index in [4.69, 9.17) is 39.5 Å². The average Bonchev–Trinajstić information content (AvgIpc) is 3.34. The minimum Gasteiger partial charge on any atom is -0.494 e. The molecule has 2 aromatic carbocycles. The molecule has 3 aromatic rings. The third-order valence-corrected chi connectivity index (χ3v) is 7.03. The first-order valence-corrected chi connectivity index (χ1v) is 12.1. The highest BCUT2D eigenvalue weighted by atomic mass is 35.5. The zero-order chi connectivity index (χ0) is 23.5. The van der Waals surface area contributed by atoms with Crippen LogP contribution < -0.4 is 15.0 Å². The highest BCUT2D eigenvalue weighted by molar-refractivity contribution is 7.12. The number of methoxy groups -OCH3 is 1. The van der Waals surface area contributed by atoms with Crippen LogP contribution in [0.3, 0.4) is 0 Å². The van der Waals surface area contributed by atoms with E-state index in [1.165, 1.54) is 30.6 Å². The molecule has 0 spiro atoms. The molecule has 1 fully saturated rings. The second kappa shape index (κ2) is 10.2. The van der Waals surface area contributed by atoms with Gasteiger partial charge in [-0.3, -0.25) is 9.59 Å². The number of nitrogens with one attached hydrogen (secondary N) is 1. The van der Waals surface area contributed by atoms with Gasteiger partial charge < -0.3 is 19.9 Å². The Hall–Kier alpha value is -2.45. The molecule has 0 saturated carbocycles. The summed E-state index contributed by atoms with van der Waals surface area (Å²) in [4.78, 5) is 29.9. The fourth-order valence-corrected chi connectivity index (χ4v) is 5.27. The molecule has 1 aliphatic rings. The van der Waals surface area contributed by atoms with Gasteiger partial charge in [-0.25, -0.2) is 0 Å². The predicted molar refractivity (Wildman–Crippen MR) is 135 cm³/mol. The molecule has 33 heavy (non-hydrogen) atoms. The number of hydrogen-bond donors (Lipinski definition) is 1. The summed E-state index contributed by atoms with van der Waals surface area (Å²) in [6.07, 6.45) is 0. The summed E-state index contributed by atoms with van der Waals surface area (Å²) in [5.74, 6) is 0.0120. The molecular weight excluding hydrogens is 505 g/mol. The largest absolute Gasteiger partial charge is 0.494 e. The number of piperazine rings is 1. The van der Waals surface area contributed by atoms with Crippen LogP contribution in [0, 0.1) is 0 Å². The maximum absolute atomic E-state index is 12.7. The van der Waals surface area contributed by atoms with Gasteiger partial charge in [0.1, 0.15) is 0 Å². The van der Waals surface area contributed by atoms with Crippen LogP contribution in [-0.2, 0) is 0 Å². The van der Waals surface area contributed by atoms with Crippen LogP contribution in [0.5, 0.6) is 5.75 Å². The Labute approximate surface area is 210 Å². The van der Waals surface area contributed by atoms with Gasteiger partial charge in [0.2, 0.25) is 0 Å². The van der Waals surface area contributed by atoms with Gasteiger partial charge in [-0.1, -0.05) is 40.9 Å². The first-order valence-electron chi connectivity index (χ1n) is 10.1. The van der Waals surface area contributed by atoms with Crippen molar-refractivity contribution >= 4 is 69.3 Å². The van der Waals surface area contributed by atoms with E-state index in [1.807, 2.05) is 28.5 Å². The molecule has 0 bridgehead atoms. The molecule has 0 radical (unpaired) electrons. The van der Waals surface area contributed by atoms with E-state index in [1.54, 1.807) is 12.1 Å². The van der Waals surface area contributed by atoms with E-state index in [-0.39, 0.29) is 21.9 Å². The molecule has 1 aliphatic heterocycles. The summed E-state index contributed by atoms with van der Waals surface area (Å²) in [5.41, 5.74) is 1.70. The van der Waals surface area contributed by atoms with Crippen molar-refractivity contribution in [3.63, 3.8) is 0 Å². The lowest BCUT2D eigenvalue weighted by Gasteiger charge is -2.36. The van der Waals surface area contributed by atoms with Crippen molar-refractivity contribution in [2.45, 2.75) is 0 Å². The molecule has 2 amide bonds. The molecule has 0 aliphatic carbocycles. The van der Waals surface area contributed by atoms with Gasteiger partial charge in [0.25, 0.3) is 11.8 Å². The Morgan fingerprint density at radius 2 is 1.67 bits per heavy atom. The van der Waals surface area contributed by atoms with E-state index >= 15 is 0 Å². The van der Waals surface area contributed by atoms with Crippen LogP contribution in [0.15, 0.2) is 47.8 Å². The van der Waals surface area contributed by atoms with E-state index in [0.717, 1.165) is 10.6 Å². The van der Waals surface area contributed by atoms with Crippen molar-refractivity contribution in [3.8, 4) is 5.75 Å². The fourth-order valence-electron chi connectivity index (χ4n) is 3.64. The van der Waals surface area contributed by atoms with Crippen molar-refractivity contribution in [1.82, 2.24) is 4.90 Å². The Kier molecular flexibility index (Phi) is 7.34. The van der Waals surface area contributed by atoms with Gasteiger partial charge in [0.05, 0.1) is 32.7 Å². The topological polar surface area (TPSA) is 61.9 Å². The van der Waals surface area contributed by atoms with Gasteiger partial charge in [-0.2, -0.15) is 0 Å². The molecule has 0 unspecified atom stereocenters. The molecule has 2 heterocycles. The third-order valence-electron chi connectivity index (χ3n) is 5.31. The number of carbonyl (C=O) groups is 2. The monoisotopic (exact) mass is 523 g/mol. The minimum atomic E-state index is -0.369. The van der Waals surface area contributed by atoms with Gasteiger partial charge in [-0.15, -0.1) is 11.3 Å². The number of ether oxygens (including phenoxy) is 1. The zero-order valence-corrected chi connectivity index (χ0v) is 20.7. The normalized spacial score (nSPS) is 13.7. The number of benzene rings is 2. The summed E-state index contributed by atoms with van der Waals surface area (Å²) >= 11 is 20.2. The molecule has 6 nitrogen and oxygen atoms in total. The van der Waals surface area contributed by atoms with Crippen molar-refractivity contribution in [3.05, 3.63) is 73.4 Å². The molecule has 1 N–H and O–H groups in total. The first kappa shape index (κ1) is 23.7. The van der Waals surface area contributed by atoms with Gasteiger partial charge >= 0.3 is 0 Å². The summed E-state index contributed by atoms with van der Waals surface area (Å²) in [7, 11) is 1.46. The maximum Gasteiger partial charge on any atom is 0.264 e. The van der Waals surface area contributed by atoms with Gasteiger partial charge in [0, 0.05) is 37.4 Å². The predicted octanol–water partition coefficient (Wildman–Crippen LogP) is 5.93. The van der Waals surface area contributed by atoms with Crippen molar-refractivity contribution in [2.24, 2.45) is 0 Å². The Morgan fingerprint density at radius 1 is 0.970 bits per heavy atom. The molecule has 0 atom stereocenters. The SMILES string of the molecule is COc1c(Cl)cc(C(=O)Nc2ccc(N3CCN(C(=O)c4cccs4)CC3)c(Cl)c2)cc1Cl. The van der Waals surface area contributed by atoms with E-state index in [9.17, 15) is 9.59 Å². The Balaban J connectivity index is 1.40. The molecule has 4 rings (SSSR count). The summed E-state index contributed by atoms with van der Waals surface area (Å²) in [6.45, 7) is 2.58. The molecule has 10 heteroatoms.